The monoisotopic (exact) mass is 437 g/mol. The molecule has 1 aromatic heterocycles. The second-order valence-electron chi connectivity index (χ2n) is 11.3. The number of para-hydroxylation sites is 2. The molecule has 2 atom stereocenters. The van der Waals surface area contributed by atoms with Crippen molar-refractivity contribution in [2.75, 3.05) is 19.6 Å². The van der Waals surface area contributed by atoms with Crippen molar-refractivity contribution in [2.45, 2.75) is 78.3 Å². The third-order valence-electron chi connectivity index (χ3n) is 8.54. The average Bonchev–Trinajstić information content (AvgIpc) is 3.03. The lowest BCUT2D eigenvalue weighted by molar-refractivity contribution is -0.137. The highest BCUT2D eigenvalue weighted by Gasteiger charge is 2.48. The fraction of sp³-hybridized carbons (Fsp3) is 0.704. The number of carbonyl (C=O) groups excluding carboxylic acids is 1. The van der Waals surface area contributed by atoms with Gasteiger partial charge in [-0.25, -0.2) is 4.79 Å². The zero-order valence-corrected chi connectivity index (χ0v) is 19.9. The summed E-state index contributed by atoms with van der Waals surface area (Å²) >= 11 is 0. The van der Waals surface area contributed by atoms with Crippen molar-refractivity contribution < 1.29 is 4.79 Å². The molecule has 2 aliphatic carbocycles. The normalized spacial score (nSPS) is 31.1. The first kappa shape index (κ1) is 21.9. The maximum Gasteiger partial charge on any atom is 0.329 e. The van der Waals surface area contributed by atoms with Gasteiger partial charge in [0.25, 0.3) is 0 Å². The topological polar surface area (TPSA) is 47.2 Å². The van der Waals surface area contributed by atoms with Gasteiger partial charge in [-0.1, -0.05) is 32.4 Å². The van der Waals surface area contributed by atoms with E-state index < -0.39 is 0 Å². The fourth-order valence-electron chi connectivity index (χ4n) is 7.42. The largest absolute Gasteiger partial charge is 0.329 e. The second-order valence-corrected chi connectivity index (χ2v) is 11.3. The number of fused-ring (bicyclic) bond motifs is 3. The summed E-state index contributed by atoms with van der Waals surface area (Å²) in [5.41, 5.74) is 1.63. The predicted molar refractivity (Wildman–Crippen MR) is 129 cm³/mol. The van der Waals surface area contributed by atoms with Crippen LogP contribution in [0.3, 0.4) is 0 Å². The van der Waals surface area contributed by atoms with E-state index in [0.29, 0.717) is 30.1 Å². The lowest BCUT2D eigenvalue weighted by atomic mass is 9.55. The lowest BCUT2D eigenvalue weighted by Gasteiger charge is -2.49. The van der Waals surface area contributed by atoms with Crippen LogP contribution in [0.5, 0.6) is 0 Å². The molecule has 5 nitrogen and oxygen atoms in total. The van der Waals surface area contributed by atoms with Crippen molar-refractivity contribution in [1.82, 2.24) is 14.0 Å². The first-order valence-corrected chi connectivity index (χ1v) is 12.9. The third kappa shape index (κ3) is 4.09. The molecule has 5 rings (SSSR count). The minimum atomic E-state index is -0.226. The molecule has 2 bridgehead atoms. The number of rotatable bonds is 6. The Kier molecular flexibility index (Phi) is 6.04. The molecule has 2 aromatic rings. The number of carbonyl (C=O) groups is 1. The van der Waals surface area contributed by atoms with Gasteiger partial charge >= 0.3 is 5.69 Å². The van der Waals surface area contributed by atoms with Crippen molar-refractivity contribution in [3.8, 4) is 0 Å². The van der Waals surface area contributed by atoms with Gasteiger partial charge in [0.2, 0.25) is 0 Å². The van der Waals surface area contributed by atoms with Gasteiger partial charge in [-0.15, -0.1) is 0 Å². The highest BCUT2D eigenvalue weighted by Crippen LogP contribution is 2.53. The van der Waals surface area contributed by atoms with Gasteiger partial charge in [-0.2, -0.15) is 0 Å². The highest BCUT2D eigenvalue weighted by molar-refractivity contribution is 5.87. The molecule has 5 heteroatoms. The van der Waals surface area contributed by atoms with E-state index in [4.69, 9.17) is 0 Å². The minimum Gasteiger partial charge on any atom is -0.302 e. The maximum atomic E-state index is 13.8. The Morgan fingerprint density at radius 2 is 1.53 bits per heavy atom. The summed E-state index contributed by atoms with van der Waals surface area (Å²) in [4.78, 5) is 29.8. The number of benzene rings is 1. The van der Waals surface area contributed by atoms with Gasteiger partial charge in [0.05, 0.1) is 17.6 Å². The molecule has 0 spiro atoms. The molecule has 32 heavy (non-hydrogen) atoms. The van der Waals surface area contributed by atoms with Crippen molar-refractivity contribution in [3.63, 3.8) is 0 Å². The van der Waals surface area contributed by atoms with Crippen LogP contribution in [0.2, 0.25) is 0 Å². The van der Waals surface area contributed by atoms with E-state index >= 15 is 0 Å². The molecule has 1 aromatic carbocycles. The molecular formula is C27H39N3O2. The summed E-state index contributed by atoms with van der Waals surface area (Å²) in [5, 5.41) is 0. The number of piperidine rings is 1. The standard InChI is InChI=1S/C27H39N3O2/c1-20-14-22-15-21(2)17-27(16-20,18-22)25(31)19-30-24-9-5-4-8-23(24)29(26(30)32)13-12-28-10-6-3-7-11-28/h4-5,8-9,20-22H,3,6-7,10-19H2,1-2H3. The zero-order chi connectivity index (χ0) is 22.3. The molecular weight excluding hydrogens is 398 g/mol. The van der Waals surface area contributed by atoms with Crippen LogP contribution >= 0.6 is 0 Å². The minimum absolute atomic E-state index is 0.0165. The Hall–Kier alpha value is -1.88. The summed E-state index contributed by atoms with van der Waals surface area (Å²) in [5.74, 6) is 2.18. The smallest absolute Gasteiger partial charge is 0.302 e. The molecule has 3 fully saturated rings. The van der Waals surface area contributed by atoms with Gasteiger partial charge < -0.3 is 4.90 Å². The predicted octanol–water partition coefficient (Wildman–Crippen LogP) is 4.71. The Morgan fingerprint density at radius 3 is 2.19 bits per heavy atom. The Bertz CT molecular complexity index is 1010. The first-order valence-electron chi connectivity index (χ1n) is 12.9. The van der Waals surface area contributed by atoms with E-state index in [1.54, 1.807) is 4.57 Å². The van der Waals surface area contributed by atoms with Crippen LogP contribution < -0.4 is 5.69 Å². The van der Waals surface area contributed by atoms with E-state index in [-0.39, 0.29) is 17.6 Å². The van der Waals surface area contributed by atoms with Crippen molar-refractivity contribution in [3.05, 3.63) is 34.7 Å². The van der Waals surface area contributed by atoms with Crippen LogP contribution in [-0.4, -0.2) is 39.5 Å². The molecule has 174 valence electrons. The summed E-state index contributed by atoms with van der Waals surface area (Å²) < 4.78 is 3.68. The Balaban J connectivity index is 1.42. The molecule has 0 amide bonds. The molecule has 2 saturated carbocycles. The summed E-state index contributed by atoms with van der Waals surface area (Å²) in [6, 6.07) is 8.03. The number of imidazole rings is 1. The summed E-state index contributed by atoms with van der Waals surface area (Å²) in [6.45, 7) is 8.70. The molecule has 3 aliphatic rings. The quantitative estimate of drug-likeness (QED) is 0.657. The van der Waals surface area contributed by atoms with E-state index in [9.17, 15) is 9.59 Å². The average molecular weight is 438 g/mol. The van der Waals surface area contributed by atoms with E-state index in [2.05, 4.69) is 18.7 Å². The lowest BCUT2D eigenvalue weighted by Crippen LogP contribution is -2.46. The number of aromatic nitrogens is 2. The molecule has 2 heterocycles. The van der Waals surface area contributed by atoms with Gasteiger partial charge in [-0.3, -0.25) is 13.9 Å². The van der Waals surface area contributed by atoms with Crippen LogP contribution in [-0.2, 0) is 17.9 Å². The zero-order valence-electron chi connectivity index (χ0n) is 19.9. The van der Waals surface area contributed by atoms with Crippen molar-refractivity contribution in [1.29, 1.82) is 0 Å². The second kappa shape index (κ2) is 8.81. The van der Waals surface area contributed by atoms with E-state index in [1.165, 1.54) is 32.1 Å². The number of ketones is 1. The van der Waals surface area contributed by atoms with Gasteiger partial charge in [0.1, 0.15) is 0 Å². The van der Waals surface area contributed by atoms with E-state index in [0.717, 1.165) is 49.9 Å². The van der Waals surface area contributed by atoms with Crippen LogP contribution in [0.15, 0.2) is 29.1 Å². The first-order chi connectivity index (χ1) is 15.4. The van der Waals surface area contributed by atoms with Crippen molar-refractivity contribution >= 4 is 16.8 Å². The molecule has 0 N–H and O–H groups in total. The Labute approximate surface area is 191 Å². The molecule has 2 unspecified atom stereocenters. The van der Waals surface area contributed by atoms with Crippen LogP contribution in [0.1, 0.15) is 65.2 Å². The van der Waals surface area contributed by atoms with Crippen LogP contribution in [0.4, 0.5) is 0 Å². The van der Waals surface area contributed by atoms with Crippen LogP contribution in [0.25, 0.3) is 11.0 Å². The Morgan fingerprint density at radius 1 is 0.906 bits per heavy atom. The number of hydrogen-bond acceptors (Lipinski definition) is 3. The fourth-order valence-corrected chi connectivity index (χ4v) is 7.42. The summed E-state index contributed by atoms with van der Waals surface area (Å²) in [7, 11) is 0. The molecule has 1 aliphatic heterocycles. The number of Topliss-reactive ketones (excluding diaryl/α,β-unsaturated/α-hetero) is 1. The van der Waals surface area contributed by atoms with Crippen LogP contribution in [0, 0.1) is 23.2 Å². The van der Waals surface area contributed by atoms with Gasteiger partial charge in [0.15, 0.2) is 5.78 Å². The van der Waals surface area contributed by atoms with E-state index in [1.807, 2.05) is 28.8 Å². The number of hydrogen-bond donors (Lipinski definition) is 0. The summed E-state index contributed by atoms with van der Waals surface area (Å²) in [6.07, 6.45) is 9.37. The van der Waals surface area contributed by atoms with Crippen molar-refractivity contribution in [2.24, 2.45) is 23.2 Å². The van der Waals surface area contributed by atoms with Gasteiger partial charge in [-0.05, 0) is 87.9 Å². The SMILES string of the molecule is CC1CC2CC(C)CC(C(=O)Cn3c(=O)n(CCN4CCCCC4)c4ccccc43)(C1)C2. The molecule has 1 saturated heterocycles. The molecule has 0 radical (unpaired) electrons. The van der Waals surface area contributed by atoms with Gasteiger partial charge in [0, 0.05) is 18.5 Å². The maximum absolute atomic E-state index is 13.8. The highest BCUT2D eigenvalue weighted by atomic mass is 16.2. The number of likely N-dealkylation sites (tertiary alicyclic amines) is 1. The number of nitrogens with zero attached hydrogens (tertiary/aromatic N) is 3. The third-order valence-corrected chi connectivity index (χ3v) is 8.54.